The van der Waals surface area contributed by atoms with Crippen molar-refractivity contribution in [1.82, 2.24) is 25.1 Å². The van der Waals surface area contributed by atoms with Gasteiger partial charge in [0.2, 0.25) is 17.4 Å². The van der Waals surface area contributed by atoms with Crippen LogP contribution in [0.2, 0.25) is 0 Å². The zero-order valence-corrected chi connectivity index (χ0v) is 24.2. The first kappa shape index (κ1) is 28.1. The van der Waals surface area contributed by atoms with Gasteiger partial charge < -0.3 is 11.6 Å². The van der Waals surface area contributed by atoms with E-state index in [1.165, 1.54) is 10.8 Å². The molecular formula is C36H24N8O2. The molecule has 3 aromatic heterocycles. The maximum atomic E-state index is 11.5. The van der Waals surface area contributed by atoms with Gasteiger partial charge in [-0.15, -0.1) is 10.2 Å². The molecule has 0 radical (unpaired) electrons. The van der Waals surface area contributed by atoms with E-state index < -0.39 is 0 Å². The molecule has 0 saturated carbocycles. The fourth-order valence-electron chi connectivity index (χ4n) is 5.58. The predicted molar refractivity (Wildman–Crippen MR) is 177 cm³/mol. The van der Waals surface area contributed by atoms with E-state index in [-0.39, 0.29) is 17.4 Å². The van der Waals surface area contributed by atoms with E-state index in [2.05, 4.69) is 55.6 Å². The Morgan fingerprint density at radius 2 is 1.11 bits per heavy atom. The minimum atomic E-state index is -0.378. The standard InChI is InChI=1S/C18H10N4.C12H6O2.C6H8N4/c1-2-10-19-14(9-1)18-20-16-12-7-3-5-11-6-4-8-13(15(11)12)17(16)21-22-18;13-11-8-5-1-3-7-4-2-6-9(10(7)8)12(11)14;7-6(10-8)5-3-1-2-4-9-5/h1-10H;1-6H;1-4H,8H2,(H2,7,10). The van der Waals surface area contributed by atoms with E-state index in [9.17, 15) is 9.59 Å². The third-order valence-electron chi connectivity index (χ3n) is 7.66. The second-order valence-electron chi connectivity index (χ2n) is 10.4. The summed E-state index contributed by atoms with van der Waals surface area (Å²) in [4.78, 5) is 36.0. The molecule has 0 unspecified atom stereocenters. The molecule has 4 aromatic carbocycles. The molecule has 0 saturated heterocycles. The van der Waals surface area contributed by atoms with Crippen LogP contribution in [-0.4, -0.2) is 42.6 Å². The number of Topliss-reactive ketones (excluding diaryl/α,β-unsaturated/α-hetero) is 2. The van der Waals surface area contributed by atoms with Crippen LogP contribution in [0.1, 0.15) is 26.4 Å². The van der Waals surface area contributed by atoms with Crippen molar-refractivity contribution in [2.45, 2.75) is 0 Å². The molecule has 46 heavy (non-hydrogen) atoms. The van der Waals surface area contributed by atoms with E-state index >= 15 is 0 Å². The molecule has 0 bridgehead atoms. The second-order valence-corrected chi connectivity index (χ2v) is 10.4. The number of fused-ring (bicyclic) bond motifs is 3. The topological polar surface area (TPSA) is 163 Å². The molecule has 0 aliphatic heterocycles. The number of carbonyl (C=O) groups is 2. The number of hydrazone groups is 1. The molecule has 7 aromatic rings. The minimum absolute atomic E-state index is 0.251. The Bertz CT molecular complexity index is 2270. The zero-order chi connectivity index (χ0) is 31.6. The summed E-state index contributed by atoms with van der Waals surface area (Å²) in [6.45, 7) is 0. The SMILES string of the molecule is N/N=C(\N)c1ccccn1.O=C1C(=O)c2cccc3cccc1c23.c1ccc(-c2nnc3c(n2)-c2cccc4cccc-3c24)nc1. The summed E-state index contributed by atoms with van der Waals surface area (Å²) in [6.07, 6.45) is 3.37. The smallest absolute Gasteiger partial charge is 0.234 e. The van der Waals surface area contributed by atoms with Crippen LogP contribution in [0.15, 0.2) is 127 Å². The maximum Gasteiger partial charge on any atom is 0.234 e. The Labute approximate surface area is 262 Å². The Kier molecular flexibility index (Phi) is 7.20. The van der Waals surface area contributed by atoms with Crippen molar-refractivity contribution < 1.29 is 9.59 Å². The number of hydrogen-bond donors (Lipinski definition) is 2. The number of aromatic nitrogens is 5. The average Bonchev–Trinajstić information content (AvgIpc) is 3.58. The van der Waals surface area contributed by atoms with E-state index in [4.69, 9.17) is 16.6 Å². The van der Waals surface area contributed by atoms with Gasteiger partial charge in [-0.25, -0.2) is 4.98 Å². The van der Waals surface area contributed by atoms with Crippen molar-refractivity contribution in [2.24, 2.45) is 16.7 Å². The van der Waals surface area contributed by atoms with Crippen LogP contribution in [0, 0.1) is 0 Å². The second kappa shape index (κ2) is 11.8. The number of benzene rings is 4. The summed E-state index contributed by atoms with van der Waals surface area (Å²) in [6, 6.07) is 34.4. The quantitative estimate of drug-likeness (QED) is 0.0843. The van der Waals surface area contributed by atoms with E-state index in [0.29, 0.717) is 22.6 Å². The Hall–Kier alpha value is -6.68. The first-order valence-electron chi connectivity index (χ1n) is 14.3. The molecule has 0 spiro atoms. The first-order valence-corrected chi connectivity index (χ1v) is 14.3. The molecule has 0 atom stereocenters. The van der Waals surface area contributed by atoms with Crippen molar-refractivity contribution in [1.29, 1.82) is 0 Å². The summed E-state index contributed by atoms with van der Waals surface area (Å²) >= 11 is 0. The average molecular weight is 601 g/mol. The van der Waals surface area contributed by atoms with Gasteiger partial charge in [-0.2, -0.15) is 5.10 Å². The van der Waals surface area contributed by atoms with Crippen LogP contribution in [-0.2, 0) is 0 Å². The van der Waals surface area contributed by atoms with Gasteiger partial charge in [0.15, 0.2) is 5.84 Å². The fraction of sp³-hybridized carbons (Fsp3) is 0. The molecule has 10 heteroatoms. The molecule has 9 rings (SSSR count). The van der Waals surface area contributed by atoms with Gasteiger partial charge in [-0.1, -0.05) is 84.9 Å². The van der Waals surface area contributed by atoms with Gasteiger partial charge in [0.05, 0.1) is 0 Å². The number of carbonyl (C=O) groups excluding carboxylic acids is 2. The monoisotopic (exact) mass is 600 g/mol. The lowest BCUT2D eigenvalue weighted by Crippen LogP contribution is -2.16. The number of pyridine rings is 2. The number of hydrogen-bond acceptors (Lipinski definition) is 9. The number of nitrogens with two attached hydrogens (primary N) is 2. The highest BCUT2D eigenvalue weighted by Gasteiger charge is 2.30. The zero-order valence-electron chi connectivity index (χ0n) is 24.2. The van der Waals surface area contributed by atoms with Crippen LogP contribution < -0.4 is 11.6 Å². The highest BCUT2D eigenvalue weighted by atomic mass is 16.2. The Morgan fingerprint density at radius 1 is 0.565 bits per heavy atom. The van der Waals surface area contributed by atoms with Gasteiger partial charge in [-0.3, -0.25) is 19.6 Å². The van der Waals surface area contributed by atoms with Gasteiger partial charge >= 0.3 is 0 Å². The molecule has 2 aliphatic rings. The summed E-state index contributed by atoms with van der Waals surface area (Å²) in [7, 11) is 0. The highest BCUT2D eigenvalue weighted by Crippen LogP contribution is 2.44. The van der Waals surface area contributed by atoms with Crippen LogP contribution >= 0.6 is 0 Å². The van der Waals surface area contributed by atoms with Crippen molar-refractivity contribution in [3.8, 4) is 34.0 Å². The van der Waals surface area contributed by atoms with Gasteiger partial charge in [0.25, 0.3) is 0 Å². The molecular weight excluding hydrogens is 576 g/mol. The van der Waals surface area contributed by atoms with Gasteiger partial charge in [0, 0.05) is 45.4 Å². The first-order chi connectivity index (χ1) is 22.5. The van der Waals surface area contributed by atoms with Crippen molar-refractivity contribution in [2.75, 3.05) is 0 Å². The normalized spacial score (nSPS) is 12.3. The summed E-state index contributed by atoms with van der Waals surface area (Å²) < 4.78 is 0. The number of ketones is 2. The van der Waals surface area contributed by atoms with Crippen LogP contribution in [0.25, 0.3) is 55.6 Å². The number of rotatable bonds is 2. The predicted octanol–water partition coefficient (Wildman–Crippen LogP) is 5.61. The third kappa shape index (κ3) is 4.89. The molecule has 0 amide bonds. The summed E-state index contributed by atoms with van der Waals surface area (Å²) in [5, 5.41) is 16.2. The largest absolute Gasteiger partial charge is 0.380 e. The van der Waals surface area contributed by atoms with E-state index in [0.717, 1.165) is 39.0 Å². The van der Waals surface area contributed by atoms with Crippen molar-refractivity contribution in [3.05, 3.63) is 138 Å². The molecule has 10 nitrogen and oxygen atoms in total. The summed E-state index contributed by atoms with van der Waals surface area (Å²) in [5.74, 6) is 4.98. The lowest BCUT2D eigenvalue weighted by molar-refractivity contribution is 0.0825. The number of amidine groups is 1. The maximum absolute atomic E-state index is 11.5. The van der Waals surface area contributed by atoms with Gasteiger partial charge in [-0.05, 0) is 35.0 Å². The minimum Gasteiger partial charge on any atom is -0.380 e. The van der Waals surface area contributed by atoms with Crippen molar-refractivity contribution in [3.63, 3.8) is 0 Å². The molecule has 2 aliphatic carbocycles. The molecule has 4 N–H and O–H groups in total. The van der Waals surface area contributed by atoms with Crippen LogP contribution in [0.3, 0.4) is 0 Å². The highest BCUT2D eigenvalue weighted by molar-refractivity contribution is 6.57. The molecule has 0 fully saturated rings. The van der Waals surface area contributed by atoms with E-state index in [1.807, 2.05) is 42.5 Å². The molecule has 220 valence electrons. The molecule has 3 heterocycles. The Balaban J connectivity index is 0.000000121. The fourth-order valence-corrected chi connectivity index (χ4v) is 5.58. The van der Waals surface area contributed by atoms with E-state index in [1.54, 1.807) is 48.8 Å². The summed E-state index contributed by atoms with van der Waals surface area (Å²) in [5.41, 5.74) is 11.8. The van der Waals surface area contributed by atoms with Gasteiger partial charge in [0.1, 0.15) is 22.8 Å². The van der Waals surface area contributed by atoms with Crippen LogP contribution in [0.4, 0.5) is 0 Å². The third-order valence-corrected chi connectivity index (χ3v) is 7.66. The van der Waals surface area contributed by atoms with Crippen LogP contribution in [0.5, 0.6) is 0 Å². The lowest BCUT2D eigenvalue weighted by Gasteiger charge is -2.02. The number of nitrogens with zero attached hydrogens (tertiary/aromatic N) is 6. The lowest BCUT2D eigenvalue weighted by atomic mass is 10.0. The van der Waals surface area contributed by atoms with Crippen molar-refractivity contribution >= 4 is 38.9 Å². The Morgan fingerprint density at radius 3 is 1.65 bits per heavy atom.